The van der Waals surface area contributed by atoms with Gasteiger partial charge in [0.05, 0.1) is 17.0 Å². The highest BCUT2D eigenvalue weighted by molar-refractivity contribution is 7.21. The van der Waals surface area contributed by atoms with Gasteiger partial charge in [0.15, 0.2) is 0 Å². The molecule has 0 unspecified atom stereocenters. The van der Waals surface area contributed by atoms with E-state index in [4.69, 9.17) is 4.74 Å². The fourth-order valence-electron chi connectivity index (χ4n) is 3.68. The first-order chi connectivity index (χ1) is 12.6. The van der Waals surface area contributed by atoms with E-state index in [9.17, 15) is 9.18 Å². The number of halogens is 1. The molecule has 0 bridgehead atoms. The van der Waals surface area contributed by atoms with Gasteiger partial charge in [0.1, 0.15) is 5.82 Å². The topological polar surface area (TPSA) is 38.3 Å². The minimum absolute atomic E-state index is 0.152. The molecule has 0 saturated heterocycles. The van der Waals surface area contributed by atoms with E-state index in [2.05, 4.69) is 17.4 Å². The number of methoxy groups -OCH3 is 1. The first kappa shape index (κ1) is 17.2. The lowest BCUT2D eigenvalue weighted by Crippen LogP contribution is -2.50. The number of benzene rings is 2. The van der Waals surface area contributed by atoms with Crippen LogP contribution in [0.3, 0.4) is 0 Å². The second-order valence-corrected chi connectivity index (χ2v) is 7.76. The predicted molar refractivity (Wildman–Crippen MR) is 102 cm³/mol. The van der Waals surface area contributed by atoms with Crippen molar-refractivity contribution in [1.82, 2.24) is 5.32 Å². The number of rotatable bonds is 5. The molecule has 1 saturated carbocycles. The maximum atomic E-state index is 14.3. The van der Waals surface area contributed by atoms with E-state index in [0.717, 1.165) is 29.5 Å². The molecular formula is C21H20FNO2S. The Morgan fingerprint density at radius 3 is 2.62 bits per heavy atom. The number of nitrogens with one attached hydrogen (secondary N) is 1. The first-order valence-corrected chi connectivity index (χ1v) is 9.53. The van der Waals surface area contributed by atoms with Crippen molar-refractivity contribution in [3.63, 3.8) is 0 Å². The van der Waals surface area contributed by atoms with E-state index >= 15 is 0 Å². The molecule has 5 heteroatoms. The second kappa shape index (κ2) is 6.82. The Labute approximate surface area is 155 Å². The van der Waals surface area contributed by atoms with E-state index in [0.29, 0.717) is 15.8 Å². The summed E-state index contributed by atoms with van der Waals surface area (Å²) in [6, 6.07) is 15.0. The third kappa shape index (κ3) is 2.81. The molecular weight excluding hydrogens is 349 g/mol. The molecule has 0 aliphatic heterocycles. The Morgan fingerprint density at radius 2 is 1.96 bits per heavy atom. The highest BCUT2D eigenvalue weighted by Crippen LogP contribution is 2.42. The molecule has 1 aromatic heterocycles. The summed E-state index contributed by atoms with van der Waals surface area (Å²) in [7, 11) is 1.56. The molecule has 1 aliphatic carbocycles. The third-order valence-corrected chi connectivity index (χ3v) is 6.34. The summed E-state index contributed by atoms with van der Waals surface area (Å²) >= 11 is 1.32. The van der Waals surface area contributed by atoms with Crippen LogP contribution in [0.15, 0.2) is 48.5 Å². The van der Waals surface area contributed by atoms with Crippen molar-refractivity contribution in [1.29, 1.82) is 0 Å². The fourth-order valence-corrected chi connectivity index (χ4v) is 4.80. The number of hydrogen-bond donors (Lipinski definition) is 1. The number of thiophene rings is 1. The summed E-state index contributed by atoms with van der Waals surface area (Å²) in [6.45, 7) is 0.210. The van der Waals surface area contributed by atoms with E-state index < -0.39 is 0 Å². The van der Waals surface area contributed by atoms with Gasteiger partial charge >= 0.3 is 0 Å². The lowest BCUT2D eigenvalue weighted by molar-refractivity contribution is 0.0823. The van der Waals surface area contributed by atoms with Crippen LogP contribution in [0.5, 0.6) is 0 Å². The lowest BCUT2D eigenvalue weighted by Gasteiger charge is -2.43. The van der Waals surface area contributed by atoms with Gasteiger partial charge in [-0.3, -0.25) is 4.79 Å². The number of fused-ring (bicyclic) bond motifs is 1. The number of ether oxygens (including phenoxy) is 1. The van der Waals surface area contributed by atoms with Crippen molar-refractivity contribution in [2.24, 2.45) is 0 Å². The Balaban J connectivity index is 1.72. The standard InChI is InChI=1S/C21H20FNO2S/c1-25-13-15-18-16(22)9-5-10-17(18)26-19(15)20(24)23-21(11-6-12-21)14-7-3-2-4-8-14/h2-5,7-10H,6,11-13H2,1H3,(H,23,24). The van der Waals surface area contributed by atoms with Crippen molar-refractivity contribution in [2.75, 3.05) is 7.11 Å². The van der Waals surface area contributed by atoms with Crippen LogP contribution in [0, 0.1) is 5.82 Å². The molecule has 0 radical (unpaired) electrons. The first-order valence-electron chi connectivity index (χ1n) is 8.71. The van der Waals surface area contributed by atoms with E-state index in [1.807, 2.05) is 24.3 Å². The highest BCUT2D eigenvalue weighted by atomic mass is 32.1. The molecule has 1 fully saturated rings. The van der Waals surface area contributed by atoms with Gasteiger partial charge in [0.2, 0.25) is 0 Å². The second-order valence-electron chi connectivity index (χ2n) is 6.71. The smallest absolute Gasteiger partial charge is 0.262 e. The third-order valence-electron chi connectivity index (χ3n) is 5.14. The molecule has 26 heavy (non-hydrogen) atoms. The Bertz CT molecular complexity index is 947. The van der Waals surface area contributed by atoms with Crippen LogP contribution in [0.2, 0.25) is 0 Å². The van der Waals surface area contributed by atoms with Gasteiger partial charge in [-0.25, -0.2) is 4.39 Å². The van der Waals surface area contributed by atoms with Crippen LogP contribution >= 0.6 is 11.3 Å². The van der Waals surface area contributed by atoms with Gasteiger partial charge in [-0.15, -0.1) is 11.3 Å². The summed E-state index contributed by atoms with van der Waals surface area (Å²) in [5.41, 5.74) is 1.43. The molecule has 3 aromatic rings. The molecule has 3 nitrogen and oxygen atoms in total. The van der Waals surface area contributed by atoms with Gasteiger partial charge in [0.25, 0.3) is 5.91 Å². The molecule has 4 rings (SSSR count). The Kier molecular flexibility index (Phi) is 4.51. The summed E-state index contributed by atoms with van der Waals surface area (Å²) in [5.74, 6) is -0.465. The monoisotopic (exact) mass is 369 g/mol. The molecule has 1 amide bonds. The summed E-state index contributed by atoms with van der Waals surface area (Å²) < 4.78 is 20.4. The number of carbonyl (C=O) groups excluding carboxylic acids is 1. The molecule has 1 aliphatic rings. The maximum Gasteiger partial charge on any atom is 0.262 e. The summed E-state index contributed by atoms with van der Waals surface area (Å²) in [5, 5.41) is 3.73. The van der Waals surface area contributed by atoms with Crippen molar-refractivity contribution in [3.8, 4) is 0 Å². The molecule has 1 heterocycles. The van der Waals surface area contributed by atoms with Crippen LogP contribution in [-0.2, 0) is 16.9 Å². The Morgan fingerprint density at radius 1 is 1.19 bits per heavy atom. The van der Waals surface area contributed by atoms with Crippen molar-refractivity contribution in [3.05, 3.63) is 70.4 Å². The van der Waals surface area contributed by atoms with Crippen LogP contribution < -0.4 is 5.32 Å². The summed E-state index contributed by atoms with van der Waals surface area (Å²) in [4.78, 5) is 13.7. The van der Waals surface area contributed by atoms with Crippen LogP contribution in [0.1, 0.15) is 40.1 Å². The van der Waals surface area contributed by atoms with Crippen LogP contribution in [-0.4, -0.2) is 13.0 Å². The molecule has 0 spiro atoms. The maximum absolute atomic E-state index is 14.3. The van der Waals surface area contributed by atoms with Gasteiger partial charge in [0, 0.05) is 22.8 Å². The molecule has 1 N–H and O–H groups in total. The minimum atomic E-state index is -0.322. The molecule has 2 aromatic carbocycles. The zero-order chi connectivity index (χ0) is 18.1. The lowest BCUT2D eigenvalue weighted by atomic mass is 9.71. The van der Waals surface area contributed by atoms with Crippen LogP contribution in [0.4, 0.5) is 4.39 Å². The van der Waals surface area contributed by atoms with Gasteiger partial charge < -0.3 is 10.1 Å². The van der Waals surface area contributed by atoms with Gasteiger partial charge in [-0.05, 0) is 37.0 Å². The quantitative estimate of drug-likeness (QED) is 0.688. The Hall–Kier alpha value is -2.24. The number of hydrogen-bond acceptors (Lipinski definition) is 3. The van der Waals surface area contributed by atoms with E-state index in [1.54, 1.807) is 13.2 Å². The fraction of sp³-hybridized carbons (Fsp3) is 0.286. The number of amides is 1. The largest absolute Gasteiger partial charge is 0.380 e. The van der Waals surface area contributed by atoms with Crippen molar-refractivity contribution >= 4 is 27.3 Å². The zero-order valence-corrected chi connectivity index (χ0v) is 15.4. The van der Waals surface area contributed by atoms with Crippen molar-refractivity contribution in [2.45, 2.75) is 31.4 Å². The average molecular weight is 369 g/mol. The molecule has 134 valence electrons. The summed E-state index contributed by atoms with van der Waals surface area (Å²) in [6.07, 6.45) is 2.92. The predicted octanol–water partition coefficient (Wildman–Crippen LogP) is 5.00. The SMILES string of the molecule is COCc1c(C(=O)NC2(c3ccccc3)CCC2)sc2cccc(F)c12. The minimum Gasteiger partial charge on any atom is -0.380 e. The van der Waals surface area contributed by atoms with Gasteiger partial charge in [-0.1, -0.05) is 36.4 Å². The molecule has 0 atom stereocenters. The van der Waals surface area contributed by atoms with Crippen molar-refractivity contribution < 1.29 is 13.9 Å². The van der Waals surface area contributed by atoms with E-state index in [-0.39, 0.29) is 23.9 Å². The highest BCUT2D eigenvalue weighted by Gasteiger charge is 2.40. The van der Waals surface area contributed by atoms with E-state index in [1.165, 1.54) is 17.4 Å². The van der Waals surface area contributed by atoms with Gasteiger partial charge in [-0.2, -0.15) is 0 Å². The normalized spacial score (nSPS) is 15.6. The number of carbonyl (C=O) groups is 1. The average Bonchev–Trinajstić information content (AvgIpc) is 2.99. The zero-order valence-electron chi connectivity index (χ0n) is 14.5. The van der Waals surface area contributed by atoms with Crippen LogP contribution in [0.25, 0.3) is 10.1 Å².